The van der Waals surface area contributed by atoms with E-state index >= 15 is 0 Å². The average Bonchev–Trinajstić information content (AvgIpc) is 3.34. The third kappa shape index (κ3) is 5.18. The van der Waals surface area contributed by atoms with Crippen LogP contribution in [-0.4, -0.2) is 57.8 Å². The summed E-state index contributed by atoms with van der Waals surface area (Å²) in [6.45, 7) is 8.34. The second kappa shape index (κ2) is 10.6. The Morgan fingerprint density at radius 3 is 1.97 bits per heavy atom. The molecule has 0 radical (unpaired) electrons. The molecule has 0 bridgehead atoms. The van der Waals surface area contributed by atoms with E-state index in [2.05, 4.69) is 105 Å². The Labute approximate surface area is 201 Å². The van der Waals surface area contributed by atoms with Gasteiger partial charge in [-0.1, -0.05) is 78.4 Å². The highest BCUT2D eigenvalue weighted by Gasteiger charge is 2.23. The molecule has 174 valence electrons. The first-order chi connectivity index (χ1) is 16.8. The predicted octanol–water partition coefficient (Wildman–Crippen LogP) is 4.37. The van der Waals surface area contributed by atoms with Crippen LogP contribution in [0.5, 0.6) is 0 Å². The molecular formula is C28H32N6. The third-order valence-electron chi connectivity index (χ3n) is 6.70. The Balaban J connectivity index is 1.21. The Hall–Kier alpha value is -3.51. The maximum absolute atomic E-state index is 4.47. The quantitative estimate of drug-likeness (QED) is 0.397. The standard InChI is InChI=1S/C28H32N6/c1-23-13-15-26(16-14-23)33-21-19-32(20-22-33)17-8-18-34-28(29-30-31-34)27(24-9-4-2-5-10-24)25-11-6-3-7-12-25/h2-7,9-16,27H,8,17-22H2,1H3. The summed E-state index contributed by atoms with van der Waals surface area (Å²) in [5, 5.41) is 12.9. The molecule has 1 aliphatic heterocycles. The van der Waals surface area contributed by atoms with Crippen LogP contribution in [-0.2, 0) is 6.54 Å². The number of rotatable bonds is 8. The van der Waals surface area contributed by atoms with Crippen LogP contribution >= 0.6 is 0 Å². The fraction of sp³-hybridized carbons (Fsp3) is 0.321. The molecular weight excluding hydrogens is 420 g/mol. The molecule has 6 nitrogen and oxygen atoms in total. The molecule has 0 spiro atoms. The van der Waals surface area contributed by atoms with E-state index in [4.69, 9.17) is 0 Å². The molecule has 0 atom stereocenters. The van der Waals surface area contributed by atoms with Gasteiger partial charge in [-0.15, -0.1) is 5.10 Å². The molecule has 0 amide bonds. The van der Waals surface area contributed by atoms with E-state index in [1.165, 1.54) is 22.4 Å². The average molecular weight is 453 g/mol. The summed E-state index contributed by atoms with van der Waals surface area (Å²) in [5.41, 5.74) is 5.05. The van der Waals surface area contributed by atoms with Crippen molar-refractivity contribution in [1.29, 1.82) is 0 Å². The lowest BCUT2D eigenvalue weighted by molar-refractivity contribution is 0.248. The van der Waals surface area contributed by atoms with Gasteiger partial charge in [0.05, 0.1) is 5.92 Å². The van der Waals surface area contributed by atoms with Crippen molar-refractivity contribution in [2.75, 3.05) is 37.6 Å². The summed E-state index contributed by atoms with van der Waals surface area (Å²) in [4.78, 5) is 5.04. The van der Waals surface area contributed by atoms with Gasteiger partial charge in [0.15, 0.2) is 5.82 Å². The zero-order valence-corrected chi connectivity index (χ0v) is 19.8. The van der Waals surface area contributed by atoms with Gasteiger partial charge in [-0.05, 0) is 47.0 Å². The highest BCUT2D eigenvalue weighted by molar-refractivity contribution is 5.47. The highest BCUT2D eigenvalue weighted by Crippen LogP contribution is 2.30. The minimum Gasteiger partial charge on any atom is -0.369 e. The van der Waals surface area contributed by atoms with E-state index in [0.717, 1.165) is 51.5 Å². The van der Waals surface area contributed by atoms with Crippen LogP contribution in [0.3, 0.4) is 0 Å². The molecule has 0 aliphatic carbocycles. The third-order valence-corrected chi connectivity index (χ3v) is 6.70. The van der Waals surface area contributed by atoms with E-state index in [0.29, 0.717) is 0 Å². The molecule has 34 heavy (non-hydrogen) atoms. The van der Waals surface area contributed by atoms with Gasteiger partial charge in [0.1, 0.15) is 0 Å². The van der Waals surface area contributed by atoms with Crippen LogP contribution in [0.15, 0.2) is 84.9 Å². The first-order valence-electron chi connectivity index (χ1n) is 12.2. The van der Waals surface area contributed by atoms with Crippen molar-refractivity contribution in [3.05, 3.63) is 107 Å². The van der Waals surface area contributed by atoms with Gasteiger partial charge in [-0.3, -0.25) is 4.90 Å². The van der Waals surface area contributed by atoms with E-state index < -0.39 is 0 Å². The Morgan fingerprint density at radius 2 is 1.35 bits per heavy atom. The van der Waals surface area contributed by atoms with Crippen molar-refractivity contribution in [1.82, 2.24) is 25.1 Å². The first kappa shape index (κ1) is 22.3. The summed E-state index contributed by atoms with van der Waals surface area (Å²) in [6, 6.07) is 29.9. The zero-order chi connectivity index (χ0) is 23.2. The second-order valence-electron chi connectivity index (χ2n) is 9.03. The lowest BCUT2D eigenvalue weighted by Gasteiger charge is -2.36. The zero-order valence-electron chi connectivity index (χ0n) is 19.8. The largest absolute Gasteiger partial charge is 0.369 e. The Bertz CT molecular complexity index is 1110. The summed E-state index contributed by atoms with van der Waals surface area (Å²) in [5.74, 6) is 0.928. The van der Waals surface area contributed by atoms with Crippen molar-refractivity contribution in [2.45, 2.75) is 25.8 Å². The number of anilines is 1. The summed E-state index contributed by atoms with van der Waals surface area (Å²) < 4.78 is 1.99. The van der Waals surface area contributed by atoms with Gasteiger partial charge in [0.25, 0.3) is 0 Å². The normalized spacial score (nSPS) is 14.6. The van der Waals surface area contributed by atoms with Crippen molar-refractivity contribution >= 4 is 5.69 Å². The molecule has 6 heteroatoms. The summed E-state index contributed by atoms with van der Waals surface area (Å²) >= 11 is 0. The van der Waals surface area contributed by atoms with Crippen LogP contribution in [0.4, 0.5) is 5.69 Å². The first-order valence-corrected chi connectivity index (χ1v) is 12.2. The number of aromatic nitrogens is 4. The van der Waals surface area contributed by atoms with Crippen LogP contribution in [0.1, 0.15) is 34.9 Å². The van der Waals surface area contributed by atoms with Crippen LogP contribution in [0, 0.1) is 6.92 Å². The van der Waals surface area contributed by atoms with E-state index in [9.17, 15) is 0 Å². The van der Waals surface area contributed by atoms with Crippen molar-refractivity contribution in [2.24, 2.45) is 0 Å². The minimum atomic E-state index is 0.0236. The van der Waals surface area contributed by atoms with Crippen molar-refractivity contribution < 1.29 is 0 Å². The molecule has 1 aliphatic rings. The van der Waals surface area contributed by atoms with Gasteiger partial charge >= 0.3 is 0 Å². The number of hydrogen-bond acceptors (Lipinski definition) is 5. The van der Waals surface area contributed by atoms with Gasteiger partial charge in [-0.2, -0.15) is 0 Å². The summed E-state index contributed by atoms with van der Waals surface area (Å²) in [6.07, 6.45) is 1.03. The van der Waals surface area contributed by atoms with Gasteiger partial charge < -0.3 is 4.90 Å². The van der Waals surface area contributed by atoms with Crippen LogP contribution in [0.25, 0.3) is 0 Å². The van der Waals surface area contributed by atoms with E-state index in [1.54, 1.807) is 0 Å². The predicted molar refractivity (Wildman–Crippen MR) is 136 cm³/mol. The highest BCUT2D eigenvalue weighted by atomic mass is 15.5. The minimum absolute atomic E-state index is 0.0236. The number of hydrogen-bond donors (Lipinski definition) is 0. The SMILES string of the molecule is Cc1ccc(N2CCN(CCCn3nnnc3C(c3ccccc3)c3ccccc3)CC2)cc1. The number of benzene rings is 3. The Morgan fingerprint density at radius 1 is 0.735 bits per heavy atom. The molecule has 1 aromatic heterocycles. The fourth-order valence-electron chi connectivity index (χ4n) is 4.79. The molecule has 0 saturated carbocycles. The molecule has 3 aromatic carbocycles. The maximum atomic E-state index is 4.47. The second-order valence-corrected chi connectivity index (χ2v) is 9.03. The van der Waals surface area contributed by atoms with Gasteiger partial charge in [0, 0.05) is 45.0 Å². The molecule has 5 rings (SSSR count). The van der Waals surface area contributed by atoms with Crippen LogP contribution in [0.2, 0.25) is 0 Å². The van der Waals surface area contributed by atoms with Crippen molar-refractivity contribution in [3.8, 4) is 0 Å². The molecule has 1 saturated heterocycles. The van der Waals surface area contributed by atoms with Gasteiger partial charge in [-0.25, -0.2) is 4.68 Å². The molecule has 2 heterocycles. The molecule has 0 unspecified atom stereocenters. The summed E-state index contributed by atoms with van der Waals surface area (Å²) in [7, 11) is 0. The van der Waals surface area contributed by atoms with Gasteiger partial charge in [0.2, 0.25) is 0 Å². The lowest BCUT2D eigenvalue weighted by Crippen LogP contribution is -2.46. The lowest BCUT2D eigenvalue weighted by atomic mass is 9.90. The number of nitrogens with zero attached hydrogens (tertiary/aromatic N) is 6. The molecule has 4 aromatic rings. The molecule has 1 fully saturated rings. The number of tetrazole rings is 1. The van der Waals surface area contributed by atoms with Crippen LogP contribution < -0.4 is 4.90 Å². The Kier molecular flexibility index (Phi) is 6.96. The number of aryl methyl sites for hydroxylation is 2. The van der Waals surface area contributed by atoms with E-state index in [1.807, 2.05) is 16.8 Å². The van der Waals surface area contributed by atoms with E-state index in [-0.39, 0.29) is 5.92 Å². The molecule has 0 N–H and O–H groups in total. The topological polar surface area (TPSA) is 50.1 Å². The smallest absolute Gasteiger partial charge is 0.163 e. The monoisotopic (exact) mass is 452 g/mol. The maximum Gasteiger partial charge on any atom is 0.163 e. The fourth-order valence-corrected chi connectivity index (χ4v) is 4.79. The number of piperazine rings is 1. The van der Waals surface area contributed by atoms with Crippen molar-refractivity contribution in [3.63, 3.8) is 0 Å².